The predicted molar refractivity (Wildman–Crippen MR) is 105 cm³/mol. The summed E-state index contributed by atoms with van der Waals surface area (Å²) in [4.78, 5) is 15.9. The van der Waals surface area contributed by atoms with Crippen molar-refractivity contribution < 1.29 is 9.18 Å². The van der Waals surface area contributed by atoms with Gasteiger partial charge < -0.3 is 16.0 Å². The number of hydrogen-bond acceptors (Lipinski definition) is 3. The van der Waals surface area contributed by atoms with Crippen molar-refractivity contribution in [3.63, 3.8) is 0 Å². The lowest BCUT2D eigenvalue weighted by Crippen LogP contribution is -2.40. The van der Waals surface area contributed by atoms with Crippen molar-refractivity contribution >= 4 is 52.2 Å². The van der Waals surface area contributed by atoms with E-state index in [2.05, 4.69) is 20.9 Å². The second-order valence-electron chi connectivity index (χ2n) is 6.46. The summed E-state index contributed by atoms with van der Waals surface area (Å²) in [6.07, 6.45) is 3.00. The van der Waals surface area contributed by atoms with Crippen molar-refractivity contribution in [3.05, 3.63) is 51.5 Å². The molecule has 0 unspecified atom stereocenters. The van der Waals surface area contributed by atoms with Crippen LogP contribution in [0.4, 0.5) is 20.6 Å². The van der Waals surface area contributed by atoms with E-state index in [0.717, 1.165) is 6.07 Å². The summed E-state index contributed by atoms with van der Waals surface area (Å²) in [5, 5.41) is 9.49. The maximum absolute atomic E-state index is 13.3. The van der Waals surface area contributed by atoms with Gasteiger partial charge in [0.05, 0.1) is 15.7 Å². The van der Waals surface area contributed by atoms with Gasteiger partial charge in [0.2, 0.25) is 0 Å². The summed E-state index contributed by atoms with van der Waals surface area (Å²) in [6, 6.07) is 3.35. The highest BCUT2D eigenvalue weighted by Gasteiger charge is 2.20. The first-order valence-corrected chi connectivity index (χ1v) is 8.83. The number of carbonyl (C=O) groups excluding carboxylic acids is 1. The standard InChI is InChI=1S/C17H18Cl3FN4O/c1-17(2,8-23-15-13(19)6-22-7-14(15)20)9-24-16(26)25-12-4-10(18)3-11(21)5-12/h3-7H,8-9H2,1-2H3,(H,22,23)(H2,24,25,26). The van der Waals surface area contributed by atoms with E-state index in [1.54, 1.807) is 0 Å². The number of nitrogens with zero attached hydrogens (tertiary/aromatic N) is 1. The summed E-state index contributed by atoms with van der Waals surface area (Å²) >= 11 is 17.9. The first-order valence-electron chi connectivity index (χ1n) is 7.70. The highest BCUT2D eigenvalue weighted by atomic mass is 35.5. The molecule has 1 aromatic carbocycles. The second kappa shape index (κ2) is 8.75. The number of nitrogens with one attached hydrogen (secondary N) is 3. The van der Waals surface area contributed by atoms with Gasteiger partial charge in [0.1, 0.15) is 5.82 Å². The van der Waals surface area contributed by atoms with E-state index in [-0.39, 0.29) is 16.1 Å². The van der Waals surface area contributed by atoms with Crippen LogP contribution in [0.1, 0.15) is 13.8 Å². The summed E-state index contributed by atoms with van der Waals surface area (Å²) in [5.41, 5.74) is 0.557. The minimum atomic E-state index is -0.525. The van der Waals surface area contributed by atoms with Crippen LogP contribution in [0.15, 0.2) is 30.6 Å². The molecule has 2 rings (SSSR count). The van der Waals surface area contributed by atoms with E-state index < -0.39 is 11.8 Å². The number of anilines is 2. The molecule has 140 valence electrons. The Hall–Kier alpha value is -1.76. The number of pyridine rings is 1. The molecule has 0 atom stereocenters. The Balaban J connectivity index is 1.87. The van der Waals surface area contributed by atoms with E-state index in [1.165, 1.54) is 24.5 Å². The fourth-order valence-electron chi connectivity index (χ4n) is 2.09. The SMILES string of the molecule is CC(C)(CNC(=O)Nc1cc(F)cc(Cl)c1)CNc1c(Cl)cncc1Cl. The minimum absolute atomic E-state index is 0.205. The van der Waals surface area contributed by atoms with E-state index in [0.29, 0.717) is 28.8 Å². The van der Waals surface area contributed by atoms with Gasteiger partial charge in [0, 0.05) is 36.2 Å². The van der Waals surface area contributed by atoms with Crippen molar-refractivity contribution in [1.29, 1.82) is 0 Å². The number of halogens is 4. The molecule has 1 heterocycles. The van der Waals surface area contributed by atoms with Crippen LogP contribution in [-0.4, -0.2) is 24.1 Å². The minimum Gasteiger partial charge on any atom is -0.382 e. The van der Waals surface area contributed by atoms with Crippen LogP contribution in [0, 0.1) is 11.2 Å². The highest BCUT2D eigenvalue weighted by molar-refractivity contribution is 6.38. The molecule has 0 bridgehead atoms. The van der Waals surface area contributed by atoms with Crippen molar-refractivity contribution in [2.75, 3.05) is 23.7 Å². The maximum atomic E-state index is 13.3. The van der Waals surface area contributed by atoms with Gasteiger partial charge in [0.15, 0.2) is 0 Å². The van der Waals surface area contributed by atoms with Gasteiger partial charge in [0.25, 0.3) is 0 Å². The number of amides is 2. The zero-order chi connectivity index (χ0) is 19.3. The smallest absolute Gasteiger partial charge is 0.319 e. The Morgan fingerprint density at radius 3 is 2.38 bits per heavy atom. The first-order chi connectivity index (χ1) is 12.2. The molecule has 9 heteroatoms. The average molecular weight is 420 g/mol. The lowest BCUT2D eigenvalue weighted by molar-refractivity contribution is 0.246. The monoisotopic (exact) mass is 418 g/mol. The lowest BCUT2D eigenvalue weighted by atomic mass is 9.93. The topological polar surface area (TPSA) is 66.1 Å². The van der Waals surface area contributed by atoms with Gasteiger partial charge in [-0.3, -0.25) is 4.98 Å². The molecule has 5 nitrogen and oxygen atoms in total. The molecule has 3 N–H and O–H groups in total. The molecule has 0 saturated carbocycles. The zero-order valence-electron chi connectivity index (χ0n) is 14.2. The van der Waals surface area contributed by atoms with Crippen molar-refractivity contribution in [2.45, 2.75) is 13.8 Å². The molecule has 2 aromatic rings. The fourth-order valence-corrected chi connectivity index (χ4v) is 2.81. The van der Waals surface area contributed by atoms with Gasteiger partial charge in [-0.1, -0.05) is 48.7 Å². The number of aromatic nitrogens is 1. The molecule has 0 aliphatic rings. The Kier molecular flexibility index (Phi) is 6.92. The van der Waals surface area contributed by atoms with Crippen LogP contribution >= 0.6 is 34.8 Å². The van der Waals surface area contributed by atoms with Crippen molar-refractivity contribution in [2.24, 2.45) is 5.41 Å². The van der Waals surface area contributed by atoms with Crippen LogP contribution in [0.25, 0.3) is 0 Å². The van der Waals surface area contributed by atoms with Gasteiger partial charge in [-0.2, -0.15) is 0 Å². The quantitative estimate of drug-likeness (QED) is 0.584. The molecular weight excluding hydrogens is 402 g/mol. The Bertz CT molecular complexity index is 761. The van der Waals surface area contributed by atoms with Crippen LogP contribution in [0.2, 0.25) is 15.1 Å². The average Bonchev–Trinajstić information content (AvgIpc) is 2.51. The Morgan fingerprint density at radius 2 is 1.77 bits per heavy atom. The second-order valence-corrected chi connectivity index (χ2v) is 7.71. The molecule has 0 aliphatic heterocycles. The Morgan fingerprint density at radius 1 is 1.12 bits per heavy atom. The molecule has 2 amide bonds. The maximum Gasteiger partial charge on any atom is 0.319 e. The molecular formula is C17H18Cl3FN4O. The summed E-state index contributed by atoms with van der Waals surface area (Å²) in [6.45, 7) is 4.78. The van der Waals surface area contributed by atoms with E-state index in [4.69, 9.17) is 34.8 Å². The van der Waals surface area contributed by atoms with Gasteiger partial charge >= 0.3 is 6.03 Å². The molecule has 1 aromatic heterocycles. The number of rotatable bonds is 6. The number of benzene rings is 1. The largest absolute Gasteiger partial charge is 0.382 e. The van der Waals surface area contributed by atoms with Crippen LogP contribution < -0.4 is 16.0 Å². The summed E-state index contributed by atoms with van der Waals surface area (Å²) < 4.78 is 13.3. The van der Waals surface area contributed by atoms with Crippen LogP contribution in [0.5, 0.6) is 0 Å². The molecule has 0 fully saturated rings. The predicted octanol–water partition coefficient (Wildman–Crippen LogP) is 5.44. The van der Waals surface area contributed by atoms with E-state index in [9.17, 15) is 9.18 Å². The molecule has 0 spiro atoms. The molecule has 0 radical (unpaired) electrons. The molecule has 0 saturated heterocycles. The van der Waals surface area contributed by atoms with Crippen LogP contribution in [-0.2, 0) is 0 Å². The van der Waals surface area contributed by atoms with E-state index >= 15 is 0 Å². The summed E-state index contributed by atoms with van der Waals surface area (Å²) in [5.74, 6) is -0.525. The fraction of sp³-hybridized carbons (Fsp3) is 0.294. The third kappa shape index (κ3) is 6.20. The normalized spacial score (nSPS) is 11.2. The highest BCUT2D eigenvalue weighted by Crippen LogP contribution is 2.29. The molecule has 26 heavy (non-hydrogen) atoms. The molecule has 0 aliphatic carbocycles. The third-order valence-corrected chi connectivity index (χ3v) is 4.24. The number of hydrogen-bond donors (Lipinski definition) is 3. The number of carbonyl (C=O) groups is 1. The van der Waals surface area contributed by atoms with Gasteiger partial charge in [-0.15, -0.1) is 0 Å². The van der Waals surface area contributed by atoms with Crippen molar-refractivity contribution in [3.8, 4) is 0 Å². The lowest BCUT2D eigenvalue weighted by Gasteiger charge is -2.26. The van der Waals surface area contributed by atoms with E-state index in [1.807, 2.05) is 13.8 Å². The summed E-state index contributed by atoms with van der Waals surface area (Å²) in [7, 11) is 0. The van der Waals surface area contributed by atoms with Gasteiger partial charge in [-0.25, -0.2) is 9.18 Å². The van der Waals surface area contributed by atoms with Gasteiger partial charge in [-0.05, 0) is 23.6 Å². The van der Waals surface area contributed by atoms with Crippen molar-refractivity contribution in [1.82, 2.24) is 10.3 Å². The van der Waals surface area contributed by atoms with Crippen LogP contribution in [0.3, 0.4) is 0 Å². The number of urea groups is 1. The third-order valence-electron chi connectivity index (χ3n) is 3.45. The Labute approximate surface area is 166 Å². The first kappa shape index (κ1) is 20.6. The zero-order valence-corrected chi connectivity index (χ0v) is 16.4.